The Morgan fingerprint density at radius 1 is 1.50 bits per heavy atom. The molecular formula is C11H11F2NO4. The van der Waals surface area contributed by atoms with E-state index in [0.29, 0.717) is 0 Å². The molecule has 1 rings (SSSR count). The van der Waals surface area contributed by atoms with Crippen molar-refractivity contribution in [3.63, 3.8) is 0 Å². The zero-order valence-electron chi connectivity index (χ0n) is 9.56. The van der Waals surface area contributed by atoms with Crippen LogP contribution in [0.2, 0.25) is 0 Å². The van der Waals surface area contributed by atoms with Gasteiger partial charge in [-0.2, -0.15) is 0 Å². The number of hydrogen-bond donors (Lipinski definition) is 0. The molecule has 0 fully saturated rings. The number of nitro groups is 1. The van der Waals surface area contributed by atoms with Crippen LogP contribution in [0, 0.1) is 10.1 Å². The Balaban J connectivity index is 2.86. The third-order valence-corrected chi connectivity index (χ3v) is 2.35. The Bertz CT molecular complexity index is 462. The molecule has 0 radical (unpaired) electrons. The predicted molar refractivity (Wildman–Crippen MR) is 58.2 cm³/mol. The second-order valence-electron chi connectivity index (χ2n) is 3.59. The summed E-state index contributed by atoms with van der Waals surface area (Å²) in [4.78, 5) is 20.5. The summed E-state index contributed by atoms with van der Waals surface area (Å²) in [6.07, 6.45) is -1.20. The largest absolute Gasteiger partial charge is 0.469 e. The first-order valence-corrected chi connectivity index (χ1v) is 5.06. The molecule has 0 N–H and O–H groups in total. The number of rotatable bonds is 5. The molecular weight excluding hydrogens is 248 g/mol. The second-order valence-corrected chi connectivity index (χ2v) is 3.59. The van der Waals surface area contributed by atoms with Crippen LogP contribution < -0.4 is 0 Å². The van der Waals surface area contributed by atoms with Crippen molar-refractivity contribution in [2.24, 2.45) is 0 Å². The highest BCUT2D eigenvalue weighted by Gasteiger charge is 2.33. The summed E-state index contributed by atoms with van der Waals surface area (Å²) >= 11 is 0. The number of non-ortho nitro benzene ring substituents is 1. The van der Waals surface area contributed by atoms with Gasteiger partial charge in [0.15, 0.2) is 0 Å². The Morgan fingerprint density at radius 2 is 2.17 bits per heavy atom. The molecule has 0 amide bonds. The van der Waals surface area contributed by atoms with E-state index in [2.05, 4.69) is 4.74 Å². The number of alkyl halides is 2. The predicted octanol–water partition coefficient (Wildman–Crippen LogP) is 2.64. The SMILES string of the molecule is COC(=O)CCC(F)(F)c1cccc([N+](=O)[O-])c1. The molecule has 0 spiro atoms. The fraction of sp³-hybridized carbons (Fsp3) is 0.364. The molecule has 0 saturated heterocycles. The number of esters is 1. The maximum absolute atomic E-state index is 13.7. The van der Waals surface area contributed by atoms with Gasteiger partial charge in [0.25, 0.3) is 11.6 Å². The van der Waals surface area contributed by atoms with E-state index < -0.39 is 40.9 Å². The van der Waals surface area contributed by atoms with Crippen molar-refractivity contribution in [1.82, 2.24) is 0 Å². The lowest BCUT2D eigenvalue weighted by atomic mass is 10.0. The highest BCUT2D eigenvalue weighted by molar-refractivity contribution is 5.69. The van der Waals surface area contributed by atoms with Crippen molar-refractivity contribution < 1.29 is 23.2 Å². The van der Waals surface area contributed by atoms with Gasteiger partial charge in [-0.1, -0.05) is 12.1 Å². The summed E-state index contributed by atoms with van der Waals surface area (Å²) in [5, 5.41) is 10.5. The van der Waals surface area contributed by atoms with Gasteiger partial charge in [-0.05, 0) is 0 Å². The number of hydrogen-bond acceptors (Lipinski definition) is 4. The summed E-state index contributed by atoms with van der Waals surface area (Å²) < 4.78 is 31.6. The fourth-order valence-corrected chi connectivity index (χ4v) is 1.35. The summed E-state index contributed by atoms with van der Waals surface area (Å²) in [7, 11) is 1.10. The molecule has 18 heavy (non-hydrogen) atoms. The molecule has 7 heteroatoms. The Hall–Kier alpha value is -2.05. The molecule has 0 aromatic heterocycles. The standard InChI is InChI=1S/C11H11F2NO4/c1-18-10(15)5-6-11(12,13)8-3-2-4-9(7-8)14(16)17/h2-4,7H,5-6H2,1H3. The molecule has 1 aromatic carbocycles. The molecule has 5 nitrogen and oxygen atoms in total. The van der Waals surface area contributed by atoms with E-state index in [-0.39, 0.29) is 0 Å². The Kier molecular flexibility index (Phi) is 4.30. The number of nitro benzene ring substituents is 1. The van der Waals surface area contributed by atoms with Gasteiger partial charge < -0.3 is 4.74 Å². The molecule has 0 heterocycles. The minimum Gasteiger partial charge on any atom is -0.469 e. The summed E-state index contributed by atoms with van der Waals surface area (Å²) in [6.45, 7) is 0. The molecule has 0 aliphatic rings. The van der Waals surface area contributed by atoms with Crippen LogP contribution in [-0.2, 0) is 15.5 Å². The first kappa shape index (κ1) is 14.0. The van der Waals surface area contributed by atoms with Crippen molar-refractivity contribution >= 4 is 11.7 Å². The molecule has 0 aliphatic carbocycles. The van der Waals surface area contributed by atoms with Crippen LogP contribution in [0.5, 0.6) is 0 Å². The number of methoxy groups -OCH3 is 1. The van der Waals surface area contributed by atoms with Crippen LogP contribution in [0.15, 0.2) is 24.3 Å². The van der Waals surface area contributed by atoms with Gasteiger partial charge in [-0.3, -0.25) is 14.9 Å². The molecule has 0 saturated carbocycles. The highest BCUT2D eigenvalue weighted by Crippen LogP contribution is 2.34. The molecule has 0 aliphatic heterocycles. The lowest BCUT2D eigenvalue weighted by molar-refractivity contribution is -0.385. The maximum atomic E-state index is 13.7. The summed E-state index contributed by atoms with van der Waals surface area (Å²) in [6, 6.07) is 4.20. The van der Waals surface area contributed by atoms with Crippen molar-refractivity contribution in [2.45, 2.75) is 18.8 Å². The van der Waals surface area contributed by atoms with E-state index in [0.717, 1.165) is 25.3 Å². The van der Waals surface area contributed by atoms with Crippen molar-refractivity contribution in [2.75, 3.05) is 7.11 Å². The first-order valence-electron chi connectivity index (χ1n) is 5.06. The van der Waals surface area contributed by atoms with Crippen molar-refractivity contribution in [3.8, 4) is 0 Å². The summed E-state index contributed by atoms with van der Waals surface area (Å²) in [5.41, 5.74) is -0.897. The lowest BCUT2D eigenvalue weighted by Crippen LogP contribution is -2.16. The van der Waals surface area contributed by atoms with Gasteiger partial charge in [0.2, 0.25) is 0 Å². The molecule has 98 valence electrons. The van der Waals surface area contributed by atoms with Crippen LogP contribution in [0.3, 0.4) is 0 Å². The molecule has 0 unspecified atom stereocenters. The second kappa shape index (κ2) is 5.52. The van der Waals surface area contributed by atoms with Crippen molar-refractivity contribution in [3.05, 3.63) is 39.9 Å². The van der Waals surface area contributed by atoms with Crippen LogP contribution in [0.4, 0.5) is 14.5 Å². The number of carbonyl (C=O) groups excluding carboxylic acids is 1. The fourth-order valence-electron chi connectivity index (χ4n) is 1.35. The smallest absolute Gasteiger partial charge is 0.305 e. The summed E-state index contributed by atoms with van der Waals surface area (Å²) in [5.74, 6) is -4.06. The monoisotopic (exact) mass is 259 g/mol. The lowest BCUT2D eigenvalue weighted by Gasteiger charge is -2.15. The third kappa shape index (κ3) is 3.47. The van der Waals surface area contributed by atoms with E-state index in [1.54, 1.807) is 0 Å². The minimum atomic E-state index is -3.31. The van der Waals surface area contributed by atoms with Crippen LogP contribution in [0.25, 0.3) is 0 Å². The van der Waals surface area contributed by atoms with Gasteiger partial charge in [-0.15, -0.1) is 0 Å². The Morgan fingerprint density at radius 3 is 2.72 bits per heavy atom. The zero-order valence-corrected chi connectivity index (χ0v) is 9.56. The number of nitrogens with zero attached hydrogens (tertiary/aromatic N) is 1. The van der Waals surface area contributed by atoms with Crippen LogP contribution in [0.1, 0.15) is 18.4 Å². The number of ether oxygens (including phenoxy) is 1. The minimum absolute atomic E-state index is 0.412. The Labute approximate surface area is 102 Å². The molecule has 0 bridgehead atoms. The maximum Gasteiger partial charge on any atom is 0.305 e. The molecule has 1 aromatic rings. The van der Waals surface area contributed by atoms with Crippen molar-refractivity contribution in [1.29, 1.82) is 0 Å². The van der Waals surface area contributed by atoms with Crippen LogP contribution >= 0.6 is 0 Å². The topological polar surface area (TPSA) is 69.4 Å². The van der Waals surface area contributed by atoms with Gasteiger partial charge >= 0.3 is 5.97 Å². The van der Waals surface area contributed by atoms with E-state index in [1.165, 1.54) is 6.07 Å². The van der Waals surface area contributed by atoms with Gasteiger partial charge in [-0.25, -0.2) is 8.78 Å². The quantitative estimate of drug-likeness (QED) is 0.463. The third-order valence-electron chi connectivity index (χ3n) is 2.35. The van der Waals surface area contributed by atoms with E-state index in [4.69, 9.17) is 0 Å². The number of benzene rings is 1. The normalized spacial score (nSPS) is 11.1. The van der Waals surface area contributed by atoms with Gasteiger partial charge in [0.05, 0.1) is 18.5 Å². The van der Waals surface area contributed by atoms with E-state index in [9.17, 15) is 23.7 Å². The highest BCUT2D eigenvalue weighted by atomic mass is 19.3. The van der Waals surface area contributed by atoms with E-state index >= 15 is 0 Å². The van der Waals surface area contributed by atoms with Crippen LogP contribution in [-0.4, -0.2) is 18.0 Å². The number of halogens is 2. The van der Waals surface area contributed by atoms with E-state index in [1.807, 2.05) is 0 Å². The average Bonchev–Trinajstić information content (AvgIpc) is 2.36. The van der Waals surface area contributed by atoms with Gasteiger partial charge in [0, 0.05) is 24.1 Å². The average molecular weight is 259 g/mol. The molecule has 0 atom stereocenters. The first-order chi connectivity index (χ1) is 8.36. The zero-order chi connectivity index (χ0) is 13.8. The van der Waals surface area contributed by atoms with Gasteiger partial charge in [0.1, 0.15) is 0 Å². The number of carbonyl (C=O) groups is 1.